The minimum Gasteiger partial charge on any atom is -0.464 e. The molecule has 0 radical (unpaired) electrons. The first kappa shape index (κ1) is 17.5. The van der Waals surface area contributed by atoms with Crippen LogP contribution in [0.15, 0.2) is 48.8 Å². The zero-order valence-corrected chi connectivity index (χ0v) is 15.8. The molecule has 146 valence electrons. The molecule has 4 heterocycles. The van der Waals surface area contributed by atoms with Gasteiger partial charge in [0.25, 0.3) is 0 Å². The number of benzene rings is 1. The number of pyridine rings is 1. The Kier molecular flexibility index (Phi) is 4.43. The van der Waals surface area contributed by atoms with E-state index in [2.05, 4.69) is 34.6 Å². The van der Waals surface area contributed by atoms with Crippen LogP contribution in [0.3, 0.4) is 0 Å². The van der Waals surface area contributed by atoms with E-state index in [9.17, 15) is 4.79 Å². The number of nitrogens with one attached hydrogen (secondary N) is 1. The summed E-state index contributed by atoms with van der Waals surface area (Å²) in [5.74, 6) is 0.801. The summed E-state index contributed by atoms with van der Waals surface area (Å²) in [5, 5.41) is 3.16. The first-order valence-corrected chi connectivity index (χ1v) is 10.1. The van der Waals surface area contributed by atoms with Gasteiger partial charge < -0.3 is 14.8 Å². The van der Waals surface area contributed by atoms with Crippen molar-refractivity contribution in [2.75, 3.05) is 13.2 Å². The lowest BCUT2D eigenvalue weighted by atomic mass is 9.85. The predicted octanol–water partition coefficient (Wildman–Crippen LogP) is 3.44. The standard InChI is InChI=1S/C22H25N3O3/c26-21-24-18-14-22(20-9-5-13-27-20,28-19-10-11-23-15-17(18)19)25(21)12-4-8-16-6-2-1-3-7-16/h1-3,6-7,10-11,15,18,20H,4-5,8-9,12-14H2,(H,24,26)/t18?,20-,22?/m0/s1. The molecule has 0 saturated carbocycles. The molecule has 3 aliphatic heterocycles. The molecule has 2 saturated heterocycles. The summed E-state index contributed by atoms with van der Waals surface area (Å²) in [7, 11) is 0. The molecule has 5 rings (SSSR count). The Labute approximate surface area is 164 Å². The smallest absolute Gasteiger partial charge is 0.321 e. The number of nitrogens with zero attached hydrogens (tertiary/aromatic N) is 2. The van der Waals surface area contributed by atoms with Crippen LogP contribution in [-0.4, -0.2) is 40.9 Å². The highest BCUT2D eigenvalue weighted by atomic mass is 16.6. The van der Waals surface area contributed by atoms with Crippen molar-refractivity contribution in [3.05, 3.63) is 59.9 Å². The van der Waals surface area contributed by atoms with Crippen LogP contribution in [0.2, 0.25) is 0 Å². The minimum atomic E-state index is -0.742. The summed E-state index contributed by atoms with van der Waals surface area (Å²) in [5.41, 5.74) is 1.49. The van der Waals surface area contributed by atoms with Crippen molar-refractivity contribution in [3.8, 4) is 5.75 Å². The number of amides is 2. The third kappa shape index (κ3) is 2.92. The monoisotopic (exact) mass is 379 g/mol. The average molecular weight is 379 g/mol. The molecule has 2 unspecified atom stereocenters. The van der Waals surface area contributed by atoms with E-state index in [4.69, 9.17) is 9.47 Å². The van der Waals surface area contributed by atoms with Gasteiger partial charge in [-0.2, -0.15) is 0 Å². The first-order chi connectivity index (χ1) is 13.8. The van der Waals surface area contributed by atoms with Crippen LogP contribution in [0.4, 0.5) is 4.79 Å². The zero-order chi connectivity index (χ0) is 19.0. The molecule has 2 amide bonds. The maximum absolute atomic E-state index is 13.1. The molecule has 28 heavy (non-hydrogen) atoms. The number of aryl methyl sites for hydroxylation is 1. The molecule has 3 atom stereocenters. The van der Waals surface area contributed by atoms with Gasteiger partial charge in [0.05, 0.1) is 6.04 Å². The van der Waals surface area contributed by atoms with E-state index >= 15 is 0 Å². The fourth-order valence-electron chi connectivity index (χ4n) is 4.76. The Morgan fingerprint density at radius 1 is 1.25 bits per heavy atom. The number of fused-ring (bicyclic) bond motifs is 4. The average Bonchev–Trinajstić information content (AvgIpc) is 3.27. The minimum absolute atomic E-state index is 0.0747. The second kappa shape index (κ2) is 7.09. The van der Waals surface area contributed by atoms with E-state index in [1.165, 1.54) is 5.56 Å². The van der Waals surface area contributed by atoms with Crippen LogP contribution in [0.25, 0.3) is 0 Å². The lowest BCUT2D eigenvalue weighted by Gasteiger charge is -2.54. The van der Waals surface area contributed by atoms with E-state index in [1.54, 1.807) is 12.4 Å². The van der Waals surface area contributed by atoms with Gasteiger partial charge in [-0.15, -0.1) is 0 Å². The van der Waals surface area contributed by atoms with Gasteiger partial charge in [-0.05, 0) is 37.3 Å². The Balaban J connectivity index is 1.43. The maximum atomic E-state index is 13.1. The highest BCUT2D eigenvalue weighted by Crippen LogP contribution is 2.47. The van der Waals surface area contributed by atoms with E-state index in [-0.39, 0.29) is 18.2 Å². The number of carbonyl (C=O) groups is 1. The van der Waals surface area contributed by atoms with E-state index in [1.807, 2.05) is 17.0 Å². The quantitative estimate of drug-likeness (QED) is 0.864. The maximum Gasteiger partial charge on any atom is 0.321 e. The molecule has 0 spiro atoms. The molecule has 2 fully saturated rings. The second-order valence-electron chi connectivity index (χ2n) is 7.81. The summed E-state index contributed by atoms with van der Waals surface area (Å²) >= 11 is 0. The third-order valence-corrected chi connectivity index (χ3v) is 6.09. The summed E-state index contributed by atoms with van der Waals surface area (Å²) in [4.78, 5) is 19.2. The number of ether oxygens (including phenoxy) is 2. The van der Waals surface area contributed by atoms with Crippen molar-refractivity contribution in [3.63, 3.8) is 0 Å². The van der Waals surface area contributed by atoms with Gasteiger partial charge in [-0.1, -0.05) is 30.3 Å². The van der Waals surface area contributed by atoms with Crippen LogP contribution in [0, 0.1) is 0 Å². The third-order valence-electron chi connectivity index (χ3n) is 6.09. The van der Waals surface area contributed by atoms with E-state index in [0.717, 1.165) is 43.6 Å². The lowest BCUT2D eigenvalue weighted by molar-refractivity contribution is -0.171. The molecule has 2 aromatic rings. The fourth-order valence-corrected chi connectivity index (χ4v) is 4.76. The predicted molar refractivity (Wildman–Crippen MR) is 104 cm³/mol. The van der Waals surface area contributed by atoms with Gasteiger partial charge in [0, 0.05) is 37.5 Å². The molecular formula is C22H25N3O3. The number of aromatic nitrogens is 1. The van der Waals surface area contributed by atoms with Crippen molar-refractivity contribution >= 4 is 6.03 Å². The van der Waals surface area contributed by atoms with Gasteiger partial charge in [-0.25, -0.2) is 4.79 Å². The van der Waals surface area contributed by atoms with Crippen molar-refractivity contribution < 1.29 is 14.3 Å². The Bertz CT molecular complexity index is 853. The first-order valence-electron chi connectivity index (χ1n) is 10.1. The van der Waals surface area contributed by atoms with E-state index in [0.29, 0.717) is 13.0 Å². The van der Waals surface area contributed by atoms with E-state index < -0.39 is 5.72 Å². The van der Waals surface area contributed by atoms with Crippen molar-refractivity contribution in [1.29, 1.82) is 0 Å². The zero-order valence-electron chi connectivity index (χ0n) is 15.8. The van der Waals surface area contributed by atoms with Crippen LogP contribution < -0.4 is 10.1 Å². The van der Waals surface area contributed by atoms with Crippen LogP contribution in [0.1, 0.15) is 42.9 Å². The normalized spacial score (nSPS) is 28.4. The van der Waals surface area contributed by atoms with Crippen molar-refractivity contribution in [1.82, 2.24) is 15.2 Å². The molecule has 2 bridgehead atoms. The summed E-state index contributed by atoms with van der Waals surface area (Å²) in [6.45, 7) is 1.36. The van der Waals surface area contributed by atoms with Gasteiger partial charge in [0.2, 0.25) is 5.72 Å². The highest BCUT2D eigenvalue weighted by molar-refractivity contribution is 5.77. The van der Waals surface area contributed by atoms with Crippen LogP contribution in [-0.2, 0) is 11.2 Å². The number of rotatable bonds is 5. The molecule has 1 aromatic heterocycles. The van der Waals surface area contributed by atoms with Crippen LogP contribution in [0.5, 0.6) is 5.75 Å². The van der Waals surface area contributed by atoms with Gasteiger partial charge >= 0.3 is 6.03 Å². The molecule has 3 aliphatic rings. The molecule has 1 aromatic carbocycles. The second-order valence-corrected chi connectivity index (χ2v) is 7.81. The number of carbonyl (C=O) groups excluding carboxylic acids is 1. The molecule has 1 N–H and O–H groups in total. The Hall–Kier alpha value is -2.60. The number of urea groups is 1. The molecule has 0 aliphatic carbocycles. The fraction of sp³-hybridized carbons (Fsp3) is 0.455. The summed E-state index contributed by atoms with van der Waals surface area (Å²) in [6, 6.07) is 12.1. The Morgan fingerprint density at radius 2 is 2.14 bits per heavy atom. The number of hydrogen-bond acceptors (Lipinski definition) is 4. The largest absolute Gasteiger partial charge is 0.464 e. The van der Waals surface area contributed by atoms with Gasteiger partial charge in [-0.3, -0.25) is 9.88 Å². The Morgan fingerprint density at radius 3 is 2.96 bits per heavy atom. The van der Waals surface area contributed by atoms with Crippen LogP contribution >= 0.6 is 0 Å². The summed E-state index contributed by atoms with van der Waals surface area (Å²) in [6.07, 6.45) is 7.85. The SMILES string of the molecule is O=C1NC2CC([C@@H]3CCCO3)(Oc3ccncc32)N1CCCc1ccccc1. The van der Waals surface area contributed by atoms with Gasteiger partial charge in [0.15, 0.2) is 0 Å². The molecule has 6 nitrogen and oxygen atoms in total. The topological polar surface area (TPSA) is 63.7 Å². The lowest BCUT2D eigenvalue weighted by Crippen LogP contribution is -2.70. The molecule has 6 heteroatoms. The molecular weight excluding hydrogens is 354 g/mol. The van der Waals surface area contributed by atoms with Crippen molar-refractivity contribution in [2.45, 2.75) is 50.0 Å². The number of hydrogen-bond donors (Lipinski definition) is 1. The summed E-state index contributed by atoms with van der Waals surface area (Å²) < 4.78 is 12.6. The van der Waals surface area contributed by atoms with Gasteiger partial charge in [0.1, 0.15) is 11.9 Å². The van der Waals surface area contributed by atoms with Crippen molar-refractivity contribution in [2.24, 2.45) is 0 Å². The highest BCUT2D eigenvalue weighted by Gasteiger charge is 2.57.